The Hall–Kier alpha value is -3.33. The van der Waals surface area contributed by atoms with Crippen molar-refractivity contribution in [2.45, 2.75) is 13.1 Å². The maximum atomic E-state index is 13.6. The van der Waals surface area contributed by atoms with Crippen LogP contribution in [0.15, 0.2) is 59.8 Å². The zero-order valence-corrected chi connectivity index (χ0v) is 15.7. The molecular weight excluding hydrogens is 409 g/mol. The molecule has 0 aliphatic heterocycles. The van der Waals surface area contributed by atoms with Crippen LogP contribution in [0.25, 0.3) is 5.69 Å². The van der Waals surface area contributed by atoms with Crippen LogP contribution < -0.4 is 5.43 Å². The Labute approximate surface area is 168 Å². The highest BCUT2D eigenvalue weighted by atomic mass is 35.5. The van der Waals surface area contributed by atoms with Gasteiger partial charge >= 0.3 is 6.18 Å². The van der Waals surface area contributed by atoms with E-state index in [-0.39, 0.29) is 17.1 Å². The van der Waals surface area contributed by atoms with Gasteiger partial charge in [0.15, 0.2) is 5.69 Å². The molecule has 0 fully saturated rings. The van der Waals surface area contributed by atoms with E-state index in [1.54, 1.807) is 18.2 Å². The van der Waals surface area contributed by atoms with E-state index in [0.717, 1.165) is 6.20 Å². The lowest BCUT2D eigenvalue weighted by Crippen LogP contribution is -2.24. The fourth-order valence-corrected chi connectivity index (χ4v) is 2.73. The average molecular weight is 423 g/mol. The molecule has 1 heterocycles. The minimum absolute atomic E-state index is 0.0745. The number of hydrazone groups is 1. The van der Waals surface area contributed by atoms with Crippen molar-refractivity contribution in [1.29, 1.82) is 0 Å². The Balaban J connectivity index is 1.94. The van der Waals surface area contributed by atoms with Crippen molar-refractivity contribution >= 4 is 23.2 Å². The number of phenols is 1. The van der Waals surface area contributed by atoms with Crippen LogP contribution in [0.5, 0.6) is 5.75 Å². The Morgan fingerprint density at radius 1 is 1.14 bits per heavy atom. The Kier molecular flexibility index (Phi) is 5.60. The van der Waals surface area contributed by atoms with Crippen molar-refractivity contribution < 1.29 is 23.1 Å². The van der Waals surface area contributed by atoms with E-state index in [1.807, 2.05) is 0 Å². The summed E-state index contributed by atoms with van der Waals surface area (Å²) < 4.78 is 41.6. The average Bonchev–Trinajstić information content (AvgIpc) is 3.12. The number of nitrogens with one attached hydrogen (secondary N) is 1. The fraction of sp³-hybridized carbons (Fsp3) is 0.105. The maximum Gasteiger partial charge on any atom is 0.434 e. The summed E-state index contributed by atoms with van der Waals surface area (Å²) in [5.41, 5.74) is 0.782. The Morgan fingerprint density at radius 3 is 2.41 bits per heavy atom. The number of amides is 1. The summed E-state index contributed by atoms with van der Waals surface area (Å²) in [5.74, 6) is -1.16. The lowest BCUT2D eigenvalue weighted by molar-refractivity contribution is -0.143. The van der Waals surface area contributed by atoms with Crippen LogP contribution in [-0.2, 0) is 6.18 Å². The van der Waals surface area contributed by atoms with Gasteiger partial charge in [0.2, 0.25) is 0 Å². The summed E-state index contributed by atoms with van der Waals surface area (Å²) in [6.07, 6.45) is -4.03. The van der Waals surface area contributed by atoms with Crippen molar-refractivity contribution in [3.8, 4) is 11.4 Å². The van der Waals surface area contributed by atoms with Crippen LogP contribution in [0.2, 0.25) is 5.02 Å². The van der Waals surface area contributed by atoms with Crippen molar-refractivity contribution in [3.05, 3.63) is 76.6 Å². The standard InChI is InChI=1S/C19H14ClF3N4O2/c1-11(14-4-2-3-5-16(14)28)25-26-18(29)15-10-24-27(17(15)19(21,22)23)13-8-6-12(20)7-9-13/h2-10,28H,1H3,(H,26,29). The van der Waals surface area contributed by atoms with Crippen LogP contribution in [0.1, 0.15) is 28.5 Å². The monoisotopic (exact) mass is 422 g/mol. The second-order valence-corrected chi connectivity index (χ2v) is 6.38. The number of phenolic OH excluding ortho intramolecular Hbond substituents is 1. The van der Waals surface area contributed by atoms with Gasteiger partial charge in [-0.15, -0.1) is 0 Å². The number of carbonyl (C=O) groups excluding carboxylic acids is 1. The first kappa shape index (κ1) is 20.4. The third-order valence-corrected chi connectivity index (χ3v) is 4.22. The SMILES string of the molecule is CC(=NNC(=O)c1cnn(-c2ccc(Cl)cc2)c1C(F)(F)F)c1ccccc1O. The zero-order chi connectivity index (χ0) is 21.2. The van der Waals surface area contributed by atoms with E-state index in [1.165, 1.54) is 37.3 Å². The quantitative estimate of drug-likeness (QED) is 0.483. The number of hydrogen-bond donors (Lipinski definition) is 2. The van der Waals surface area contributed by atoms with E-state index < -0.39 is 23.3 Å². The number of nitrogens with zero attached hydrogens (tertiary/aromatic N) is 3. The molecule has 3 aromatic rings. The summed E-state index contributed by atoms with van der Waals surface area (Å²) in [6.45, 7) is 1.50. The lowest BCUT2D eigenvalue weighted by atomic mass is 10.1. The van der Waals surface area contributed by atoms with Crippen molar-refractivity contribution in [3.63, 3.8) is 0 Å². The van der Waals surface area contributed by atoms with Gasteiger partial charge in [-0.2, -0.15) is 23.4 Å². The molecule has 0 aliphatic carbocycles. The molecule has 0 saturated carbocycles. The first-order valence-electron chi connectivity index (χ1n) is 8.22. The summed E-state index contributed by atoms with van der Waals surface area (Å²) in [4.78, 5) is 12.4. The number of para-hydroxylation sites is 1. The topological polar surface area (TPSA) is 79.5 Å². The maximum absolute atomic E-state index is 13.6. The van der Waals surface area contributed by atoms with Crippen molar-refractivity contribution in [2.24, 2.45) is 5.10 Å². The molecule has 0 radical (unpaired) electrons. The molecular formula is C19H14ClF3N4O2. The van der Waals surface area contributed by atoms with Gasteiger partial charge in [-0.25, -0.2) is 10.1 Å². The third kappa shape index (κ3) is 4.40. The third-order valence-electron chi connectivity index (χ3n) is 3.97. The molecule has 10 heteroatoms. The van der Waals surface area contributed by atoms with E-state index in [9.17, 15) is 23.1 Å². The predicted molar refractivity (Wildman–Crippen MR) is 101 cm³/mol. The molecule has 0 spiro atoms. The number of aromatic hydroxyl groups is 1. The summed E-state index contributed by atoms with van der Waals surface area (Å²) >= 11 is 5.77. The van der Waals surface area contributed by atoms with Crippen molar-refractivity contribution in [2.75, 3.05) is 0 Å². The van der Waals surface area contributed by atoms with Crippen LogP contribution in [0.3, 0.4) is 0 Å². The molecule has 150 valence electrons. The summed E-state index contributed by atoms with van der Waals surface area (Å²) in [7, 11) is 0. The first-order chi connectivity index (χ1) is 13.7. The molecule has 0 saturated heterocycles. The number of rotatable bonds is 4. The minimum atomic E-state index is -4.85. The Bertz CT molecular complexity index is 1080. The van der Waals surface area contributed by atoms with Crippen LogP contribution >= 0.6 is 11.6 Å². The van der Waals surface area contributed by atoms with Gasteiger partial charge in [-0.1, -0.05) is 23.7 Å². The van der Waals surface area contributed by atoms with Crippen LogP contribution in [0, 0.1) is 0 Å². The fourth-order valence-electron chi connectivity index (χ4n) is 2.60. The number of halogens is 4. The van der Waals surface area contributed by atoms with Crippen LogP contribution in [-0.4, -0.2) is 26.5 Å². The molecule has 1 aromatic heterocycles. The van der Waals surface area contributed by atoms with E-state index >= 15 is 0 Å². The van der Waals surface area contributed by atoms with Gasteiger partial charge in [-0.05, 0) is 43.3 Å². The number of benzene rings is 2. The molecule has 2 N–H and O–H groups in total. The van der Waals surface area contributed by atoms with Gasteiger partial charge in [0.1, 0.15) is 5.75 Å². The molecule has 0 atom stereocenters. The number of hydrogen-bond acceptors (Lipinski definition) is 4. The molecule has 0 bridgehead atoms. The van der Waals surface area contributed by atoms with Crippen LogP contribution in [0.4, 0.5) is 13.2 Å². The number of carbonyl (C=O) groups is 1. The molecule has 1 amide bonds. The van der Waals surface area contributed by atoms with Gasteiger partial charge in [-0.3, -0.25) is 4.79 Å². The first-order valence-corrected chi connectivity index (χ1v) is 8.60. The van der Waals surface area contributed by atoms with E-state index in [0.29, 0.717) is 15.3 Å². The molecule has 29 heavy (non-hydrogen) atoms. The summed E-state index contributed by atoms with van der Waals surface area (Å²) in [6, 6.07) is 11.8. The Morgan fingerprint density at radius 2 is 1.79 bits per heavy atom. The highest BCUT2D eigenvalue weighted by molar-refractivity contribution is 6.30. The molecule has 2 aromatic carbocycles. The molecule has 0 unspecified atom stereocenters. The smallest absolute Gasteiger partial charge is 0.434 e. The van der Waals surface area contributed by atoms with Gasteiger partial charge in [0.05, 0.1) is 23.2 Å². The second kappa shape index (κ2) is 7.96. The number of aromatic nitrogens is 2. The normalized spacial score (nSPS) is 12.1. The lowest BCUT2D eigenvalue weighted by Gasteiger charge is -2.12. The summed E-state index contributed by atoms with van der Waals surface area (Å²) in [5, 5.41) is 17.6. The minimum Gasteiger partial charge on any atom is -0.507 e. The van der Waals surface area contributed by atoms with Gasteiger partial charge in [0, 0.05) is 10.6 Å². The largest absolute Gasteiger partial charge is 0.507 e. The van der Waals surface area contributed by atoms with Gasteiger partial charge in [0.25, 0.3) is 5.91 Å². The van der Waals surface area contributed by atoms with E-state index in [4.69, 9.17) is 11.6 Å². The highest BCUT2D eigenvalue weighted by Crippen LogP contribution is 2.33. The molecule has 0 aliphatic rings. The molecule has 6 nitrogen and oxygen atoms in total. The predicted octanol–water partition coefficient (Wildman–Crippen LogP) is 4.40. The molecule has 3 rings (SSSR count). The second-order valence-electron chi connectivity index (χ2n) is 5.95. The van der Waals surface area contributed by atoms with Crippen molar-refractivity contribution in [1.82, 2.24) is 15.2 Å². The highest BCUT2D eigenvalue weighted by Gasteiger charge is 2.40. The van der Waals surface area contributed by atoms with E-state index in [2.05, 4.69) is 15.6 Å². The van der Waals surface area contributed by atoms with Gasteiger partial charge < -0.3 is 5.11 Å². The number of alkyl halides is 3. The zero-order valence-electron chi connectivity index (χ0n) is 14.9.